The van der Waals surface area contributed by atoms with Crippen molar-refractivity contribution in [2.45, 2.75) is 18.4 Å². The molecule has 0 bridgehead atoms. The van der Waals surface area contributed by atoms with Crippen LogP contribution in [0.15, 0.2) is 0 Å². The Kier molecular flexibility index (Phi) is 3.25. The van der Waals surface area contributed by atoms with Crippen LogP contribution in [0.4, 0.5) is 4.79 Å². The molecule has 0 saturated carbocycles. The minimum absolute atomic E-state index is 0.188. The van der Waals surface area contributed by atoms with Gasteiger partial charge in [-0.25, -0.2) is 4.79 Å². The van der Waals surface area contributed by atoms with Gasteiger partial charge < -0.3 is 15.5 Å². The van der Waals surface area contributed by atoms with E-state index >= 15 is 0 Å². The molecular weight excluding hydrogens is 236 g/mol. The molecule has 2 heterocycles. The lowest BCUT2D eigenvalue weighted by Gasteiger charge is -2.31. The third-order valence-corrected chi connectivity index (χ3v) is 3.50. The monoisotopic (exact) mass is 254 g/mol. The van der Waals surface area contributed by atoms with E-state index in [9.17, 15) is 14.4 Å². The van der Waals surface area contributed by atoms with Gasteiger partial charge in [0.1, 0.15) is 12.1 Å². The summed E-state index contributed by atoms with van der Waals surface area (Å²) < 4.78 is 0. The maximum atomic E-state index is 12.3. The van der Waals surface area contributed by atoms with Crippen molar-refractivity contribution >= 4 is 17.8 Å². The summed E-state index contributed by atoms with van der Waals surface area (Å²) in [5.74, 6) is -0.534. The molecule has 1 spiro atoms. The number of nitrogens with one attached hydrogen (secondary N) is 2. The Balaban J connectivity index is 2.11. The number of urea groups is 1. The summed E-state index contributed by atoms with van der Waals surface area (Å²) >= 11 is 0. The maximum Gasteiger partial charge on any atom is 0.325 e. The molecular formula is C11H18N4O3. The minimum Gasteiger partial charge on any atom is -0.347 e. The number of carbonyl (C=O) groups is 3. The zero-order chi connectivity index (χ0) is 13.3. The predicted octanol–water partition coefficient (Wildman–Crippen LogP) is -1.25. The molecule has 2 aliphatic heterocycles. The normalized spacial score (nSPS) is 22.2. The highest BCUT2D eigenvalue weighted by atomic mass is 16.2. The lowest BCUT2D eigenvalue weighted by Crippen LogP contribution is -2.54. The quantitative estimate of drug-likeness (QED) is 0.603. The van der Waals surface area contributed by atoms with Crippen LogP contribution >= 0.6 is 0 Å². The van der Waals surface area contributed by atoms with E-state index in [-0.39, 0.29) is 18.4 Å². The maximum absolute atomic E-state index is 12.3. The van der Waals surface area contributed by atoms with Crippen molar-refractivity contribution in [3.63, 3.8) is 0 Å². The molecule has 18 heavy (non-hydrogen) atoms. The van der Waals surface area contributed by atoms with Gasteiger partial charge in [0.2, 0.25) is 5.91 Å². The first-order chi connectivity index (χ1) is 8.46. The molecule has 2 saturated heterocycles. The predicted molar refractivity (Wildman–Crippen MR) is 63.8 cm³/mol. The number of rotatable bonds is 2. The van der Waals surface area contributed by atoms with E-state index in [0.717, 1.165) is 4.90 Å². The summed E-state index contributed by atoms with van der Waals surface area (Å²) in [5, 5.41) is 5.89. The molecule has 0 radical (unpaired) electrons. The highest BCUT2D eigenvalue weighted by molar-refractivity contribution is 6.09. The molecule has 0 unspecified atom stereocenters. The van der Waals surface area contributed by atoms with Gasteiger partial charge in [-0.2, -0.15) is 0 Å². The third-order valence-electron chi connectivity index (χ3n) is 3.50. The number of nitrogens with zero attached hydrogens (tertiary/aromatic N) is 2. The highest BCUT2D eigenvalue weighted by Gasteiger charge is 2.51. The van der Waals surface area contributed by atoms with E-state index in [4.69, 9.17) is 0 Å². The van der Waals surface area contributed by atoms with Crippen molar-refractivity contribution in [1.82, 2.24) is 20.4 Å². The molecule has 100 valence electrons. The van der Waals surface area contributed by atoms with Gasteiger partial charge in [0.25, 0.3) is 5.91 Å². The summed E-state index contributed by atoms with van der Waals surface area (Å²) in [7, 11) is 3.20. The summed E-state index contributed by atoms with van der Waals surface area (Å²) in [4.78, 5) is 38.1. The molecule has 2 fully saturated rings. The van der Waals surface area contributed by atoms with Crippen LogP contribution < -0.4 is 10.6 Å². The molecule has 4 amide bonds. The number of likely N-dealkylation sites (N-methyl/N-ethyl adjacent to an activating group) is 1. The zero-order valence-electron chi connectivity index (χ0n) is 10.7. The molecule has 7 heteroatoms. The van der Waals surface area contributed by atoms with Crippen LogP contribution in [-0.4, -0.2) is 66.9 Å². The molecule has 0 aromatic rings. The van der Waals surface area contributed by atoms with Crippen molar-refractivity contribution in [2.75, 3.05) is 33.7 Å². The fourth-order valence-corrected chi connectivity index (χ4v) is 2.29. The van der Waals surface area contributed by atoms with Gasteiger partial charge in [0.05, 0.1) is 0 Å². The van der Waals surface area contributed by atoms with E-state index in [0.29, 0.717) is 25.9 Å². The molecule has 7 nitrogen and oxygen atoms in total. The number of carbonyl (C=O) groups excluding carboxylic acids is 3. The van der Waals surface area contributed by atoms with Crippen LogP contribution in [-0.2, 0) is 9.59 Å². The SMILES string of the molecule is CN(C)C(=O)CN1C(=O)NC2(CCNCC2)C1=O. The smallest absolute Gasteiger partial charge is 0.325 e. The molecule has 0 aromatic heterocycles. The zero-order valence-corrected chi connectivity index (χ0v) is 10.7. The first kappa shape index (κ1) is 12.8. The average Bonchev–Trinajstić information content (AvgIpc) is 2.55. The first-order valence-electron chi connectivity index (χ1n) is 6.01. The number of amides is 4. The lowest BCUT2D eigenvalue weighted by molar-refractivity contribution is -0.138. The second-order valence-corrected chi connectivity index (χ2v) is 4.94. The summed E-state index contributed by atoms with van der Waals surface area (Å²) in [6, 6.07) is -0.461. The Morgan fingerprint density at radius 1 is 1.33 bits per heavy atom. The van der Waals surface area contributed by atoms with Gasteiger partial charge in [0.15, 0.2) is 0 Å². The number of imide groups is 1. The Morgan fingerprint density at radius 3 is 2.50 bits per heavy atom. The van der Waals surface area contributed by atoms with E-state index in [1.807, 2.05) is 0 Å². The van der Waals surface area contributed by atoms with Crippen LogP contribution in [0.25, 0.3) is 0 Å². The summed E-state index contributed by atoms with van der Waals surface area (Å²) in [5.41, 5.74) is -0.797. The van der Waals surface area contributed by atoms with Crippen molar-refractivity contribution < 1.29 is 14.4 Å². The highest BCUT2D eigenvalue weighted by Crippen LogP contribution is 2.26. The Hall–Kier alpha value is -1.63. The van der Waals surface area contributed by atoms with E-state index < -0.39 is 11.6 Å². The molecule has 0 atom stereocenters. The molecule has 2 rings (SSSR count). The second-order valence-electron chi connectivity index (χ2n) is 4.94. The van der Waals surface area contributed by atoms with Crippen LogP contribution in [0, 0.1) is 0 Å². The summed E-state index contributed by atoms with van der Waals surface area (Å²) in [6.07, 6.45) is 1.15. The van der Waals surface area contributed by atoms with Crippen molar-refractivity contribution in [1.29, 1.82) is 0 Å². The first-order valence-corrected chi connectivity index (χ1v) is 6.01. The van der Waals surface area contributed by atoms with E-state index in [1.165, 1.54) is 4.90 Å². The molecule has 0 aliphatic carbocycles. The van der Waals surface area contributed by atoms with Crippen molar-refractivity contribution in [3.8, 4) is 0 Å². The minimum atomic E-state index is -0.797. The lowest BCUT2D eigenvalue weighted by atomic mass is 9.88. The van der Waals surface area contributed by atoms with Crippen molar-refractivity contribution in [2.24, 2.45) is 0 Å². The van der Waals surface area contributed by atoms with Crippen LogP contribution in [0.5, 0.6) is 0 Å². The van der Waals surface area contributed by atoms with Crippen LogP contribution in [0.1, 0.15) is 12.8 Å². The van der Waals surface area contributed by atoms with E-state index in [2.05, 4.69) is 10.6 Å². The molecule has 2 aliphatic rings. The average molecular weight is 254 g/mol. The second kappa shape index (κ2) is 4.56. The number of piperidine rings is 1. The van der Waals surface area contributed by atoms with Gasteiger partial charge in [-0.3, -0.25) is 14.5 Å². The topological polar surface area (TPSA) is 81.8 Å². The van der Waals surface area contributed by atoms with Gasteiger partial charge in [-0.05, 0) is 25.9 Å². The van der Waals surface area contributed by atoms with Gasteiger partial charge >= 0.3 is 6.03 Å². The Labute approximate surface area is 105 Å². The summed E-state index contributed by atoms with van der Waals surface area (Å²) in [6.45, 7) is 1.20. The fraction of sp³-hybridized carbons (Fsp3) is 0.727. The third kappa shape index (κ3) is 2.05. The standard InChI is InChI=1S/C11H18N4O3/c1-14(2)8(16)7-15-9(17)11(13-10(15)18)3-5-12-6-4-11/h12H,3-7H2,1-2H3,(H,13,18). The van der Waals surface area contributed by atoms with Crippen LogP contribution in [0.3, 0.4) is 0 Å². The Morgan fingerprint density at radius 2 is 1.94 bits per heavy atom. The number of hydrogen-bond donors (Lipinski definition) is 2. The largest absolute Gasteiger partial charge is 0.347 e. The van der Waals surface area contributed by atoms with E-state index in [1.54, 1.807) is 14.1 Å². The van der Waals surface area contributed by atoms with Gasteiger partial charge in [-0.15, -0.1) is 0 Å². The van der Waals surface area contributed by atoms with Gasteiger partial charge in [0, 0.05) is 14.1 Å². The van der Waals surface area contributed by atoms with Crippen molar-refractivity contribution in [3.05, 3.63) is 0 Å². The Bertz CT molecular complexity index is 388. The van der Waals surface area contributed by atoms with Gasteiger partial charge in [-0.1, -0.05) is 0 Å². The molecule has 2 N–H and O–H groups in total. The fourth-order valence-electron chi connectivity index (χ4n) is 2.29. The molecule has 0 aromatic carbocycles. The number of hydrogen-bond acceptors (Lipinski definition) is 4. The van der Waals surface area contributed by atoms with Crippen LogP contribution in [0.2, 0.25) is 0 Å².